The van der Waals surface area contributed by atoms with Crippen molar-refractivity contribution in [1.82, 2.24) is 0 Å². The Bertz CT molecular complexity index is 545. The third-order valence-corrected chi connectivity index (χ3v) is 3.56. The van der Waals surface area contributed by atoms with Crippen LogP contribution in [0.3, 0.4) is 0 Å². The van der Waals surface area contributed by atoms with E-state index in [0.29, 0.717) is 19.6 Å². The van der Waals surface area contributed by atoms with E-state index in [2.05, 4.69) is 5.32 Å². The van der Waals surface area contributed by atoms with Gasteiger partial charge in [-0.05, 0) is 43.5 Å². The summed E-state index contributed by atoms with van der Waals surface area (Å²) in [6.45, 7) is 4.67. The molecule has 1 aliphatic heterocycles. The van der Waals surface area contributed by atoms with Gasteiger partial charge in [0.25, 0.3) is 0 Å². The largest absolute Gasteiger partial charge is 0.449 e. The highest BCUT2D eigenvalue weighted by atomic mass is 16.6. The summed E-state index contributed by atoms with van der Waals surface area (Å²) in [5.41, 5.74) is 8.10. The van der Waals surface area contributed by atoms with Gasteiger partial charge in [-0.25, -0.2) is 4.79 Å². The molecule has 0 saturated heterocycles. The van der Waals surface area contributed by atoms with Gasteiger partial charge in [-0.1, -0.05) is 6.92 Å². The third-order valence-electron chi connectivity index (χ3n) is 3.56. The number of ether oxygens (including phenoxy) is 1. The quantitative estimate of drug-likeness (QED) is 0.867. The van der Waals surface area contributed by atoms with E-state index >= 15 is 0 Å². The van der Waals surface area contributed by atoms with Gasteiger partial charge in [0.05, 0.1) is 12.3 Å². The number of rotatable bonds is 5. The van der Waals surface area contributed by atoms with E-state index in [1.165, 1.54) is 0 Å². The first-order valence-electron chi connectivity index (χ1n) is 7.19. The van der Waals surface area contributed by atoms with E-state index in [4.69, 9.17) is 10.5 Å². The second-order valence-corrected chi connectivity index (χ2v) is 4.95. The van der Waals surface area contributed by atoms with Gasteiger partial charge < -0.3 is 15.8 Å². The van der Waals surface area contributed by atoms with Crippen LogP contribution >= 0.6 is 0 Å². The molecule has 1 aromatic carbocycles. The molecule has 3 N–H and O–H groups in total. The molecule has 0 bridgehead atoms. The van der Waals surface area contributed by atoms with E-state index in [1.54, 1.807) is 11.8 Å². The van der Waals surface area contributed by atoms with Crippen LogP contribution in [0, 0.1) is 0 Å². The van der Waals surface area contributed by atoms with Gasteiger partial charge in [0.1, 0.15) is 6.04 Å². The van der Waals surface area contributed by atoms with Crippen LogP contribution in [-0.4, -0.2) is 31.2 Å². The number of hydrogen-bond donors (Lipinski definition) is 2. The number of fused-ring (bicyclic) bond motifs is 1. The highest BCUT2D eigenvalue weighted by molar-refractivity contribution is 5.91. The molecule has 6 nitrogen and oxygen atoms in total. The molecule has 1 atom stereocenters. The minimum atomic E-state index is -0.384. The molecule has 0 fully saturated rings. The van der Waals surface area contributed by atoms with Crippen LogP contribution in [0.15, 0.2) is 18.2 Å². The summed E-state index contributed by atoms with van der Waals surface area (Å²) in [6, 6.07) is 5.29. The maximum atomic E-state index is 11.8. The fraction of sp³-hybridized carbons (Fsp3) is 0.467. The van der Waals surface area contributed by atoms with Crippen molar-refractivity contribution < 1.29 is 14.3 Å². The summed E-state index contributed by atoms with van der Waals surface area (Å²) in [4.78, 5) is 24.7. The normalized spacial score (nSPS) is 14.5. The molecular formula is C15H21N3O3. The number of benzene rings is 1. The molecule has 0 saturated carbocycles. The number of anilines is 2. The van der Waals surface area contributed by atoms with E-state index in [-0.39, 0.29) is 18.0 Å². The summed E-state index contributed by atoms with van der Waals surface area (Å²) in [5, 5.41) is 3.12. The SMILES string of the molecule is CCOC(=O)N1CCc2cc(N[C@@H](CC)C(N)=O)ccc21. The van der Waals surface area contributed by atoms with Crippen molar-refractivity contribution in [1.29, 1.82) is 0 Å². The highest BCUT2D eigenvalue weighted by Crippen LogP contribution is 2.31. The number of hydrogen-bond acceptors (Lipinski definition) is 4. The van der Waals surface area contributed by atoms with Gasteiger partial charge in [-0.15, -0.1) is 0 Å². The Morgan fingerprint density at radius 1 is 1.43 bits per heavy atom. The minimum absolute atomic E-state index is 0.319. The zero-order valence-corrected chi connectivity index (χ0v) is 12.4. The standard InChI is InChI=1S/C15H21N3O3/c1-3-12(14(16)19)17-11-5-6-13-10(9-11)7-8-18(13)15(20)21-4-2/h5-6,9,12,17H,3-4,7-8H2,1-2H3,(H2,16,19)/t12-/m0/s1. The lowest BCUT2D eigenvalue weighted by Gasteiger charge is -2.18. The first-order chi connectivity index (χ1) is 10.1. The van der Waals surface area contributed by atoms with Crippen LogP contribution in [0.5, 0.6) is 0 Å². The monoisotopic (exact) mass is 291 g/mol. The van der Waals surface area contributed by atoms with Crippen LogP contribution in [0.4, 0.5) is 16.2 Å². The van der Waals surface area contributed by atoms with Crippen molar-refractivity contribution in [3.63, 3.8) is 0 Å². The number of nitrogens with one attached hydrogen (secondary N) is 1. The number of carbonyl (C=O) groups excluding carboxylic acids is 2. The predicted octanol–water partition coefficient (Wildman–Crippen LogP) is 1.88. The number of carbonyl (C=O) groups is 2. The average Bonchev–Trinajstić information content (AvgIpc) is 2.87. The van der Waals surface area contributed by atoms with Gasteiger partial charge in [-0.3, -0.25) is 9.69 Å². The Morgan fingerprint density at radius 2 is 2.19 bits per heavy atom. The zero-order chi connectivity index (χ0) is 15.4. The summed E-state index contributed by atoms with van der Waals surface area (Å²) >= 11 is 0. The predicted molar refractivity (Wildman–Crippen MR) is 81.4 cm³/mol. The van der Waals surface area contributed by atoms with E-state index in [0.717, 1.165) is 23.4 Å². The summed E-state index contributed by atoms with van der Waals surface area (Å²) in [5.74, 6) is -0.369. The van der Waals surface area contributed by atoms with Crippen molar-refractivity contribution in [2.75, 3.05) is 23.4 Å². The molecule has 2 rings (SSSR count). The molecule has 0 spiro atoms. The van der Waals surface area contributed by atoms with E-state index in [9.17, 15) is 9.59 Å². The summed E-state index contributed by atoms with van der Waals surface area (Å²) in [6.07, 6.45) is 1.08. The molecule has 0 unspecified atom stereocenters. The Balaban J connectivity index is 2.14. The van der Waals surface area contributed by atoms with Gasteiger partial charge >= 0.3 is 6.09 Å². The van der Waals surface area contributed by atoms with E-state index in [1.807, 2.05) is 25.1 Å². The number of nitrogens with zero attached hydrogens (tertiary/aromatic N) is 1. The van der Waals surface area contributed by atoms with Crippen LogP contribution in [0.1, 0.15) is 25.8 Å². The molecule has 114 valence electrons. The Hall–Kier alpha value is -2.24. The Morgan fingerprint density at radius 3 is 2.81 bits per heavy atom. The van der Waals surface area contributed by atoms with Crippen molar-refractivity contribution in [2.24, 2.45) is 5.73 Å². The molecule has 2 amide bonds. The number of nitrogens with two attached hydrogens (primary N) is 1. The molecule has 1 heterocycles. The second-order valence-electron chi connectivity index (χ2n) is 4.95. The van der Waals surface area contributed by atoms with Gasteiger partial charge in [-0.2, -0.15) is 0 Å². The average molecular weight is 291 g/mol. The highest BCUT2D eigenvalue weighted by Gasteiger charge is 2.26. The van der Waals surface area contributed by atoms with Crippen LogP contribution < -0.4 is 16.0 Å². The molecule has 0 radical (unpaired) electrons. The smallest absolute Gasteiger partial charge is 0.414 e. The van der Waals surface area contributed by atoms with Crippen LogP contribution in [-0.2, 0) is 16.0 Å². The van der Waals surface area contributed by atoms with Gasteiger partial charge in [0.2, 0.25) is 5.91 Å². The maximum absolute atomic E-state index is 11.8. The summed E-state index contributed by atoms with van der Waals surface area (Å²) < 4.78 is 5.04. The lowest BCUT2D eigenvalue weighted by atomic mass is 10.1. The molecular weight excluding hydrogens is 270 g/mol. The van der Waals surface area contributed by atoms with E-state index < -0.39 is 0 Å². The van der Waals surface area contributed by atoms with Crippen molar-refractivity contribution >= 4 is 23.4 Å². The first-order valence-corrected chi connectivity index (χ1v) is 7.19. The Labute approximate surface area is 124 Å². The number of amides is 2. The van der Waals surface area contributed by atoms with Crippen molar-refractivity contribution in [3.05, 3.63) is 23.8 Å². The minimum Gasteiger partial charge on any atom is -0.449 e. The van der Waals surface area contributed by atoms with Crippen LogP contribution in [0.2, 0.25) is 0 Å². The molecule has 0 aromatic heterocycles. The first kappa shape index (κ1) is 15.2. The van der Waals surface area contributed by atoms with Gasteiger partial charge in [0.15, 0.2) is 0 Å². The van der Waals surface area contributed by atoms with Crippen molar-refractivity contribution in [2.45, 2.75) is 32.7 Å². The topological polar surface area (TPSA) is 84.7 Å². The molecule has 1 aromatic rings. The lowest BCUT2D eigenvalue weighted by molar-refractivity contribution is -0.118. The zero-order valence-electron chi connectivity index (χ0n) is 12.4. The van der Waals surface area contributed by atoms with Gasteiger partial charge in [0, 0.05) is 12.2 Å². The molecule has 6 heteroatoms. The Kier molecular flexibility index (Phi) is 4.67. The maximum Gasteiger partial charge on any atom is 0.414 e. The third kappa shape index (κ3) is 3.26. The van der Waals surface area contributed by atoms with Crippen molar-refractivity contribution in [3.8, 4) is 0 Å². The molecule has 0 aliphatic carbocycles. The fourth-order valence-electron chi connectivity index (χ4n) is 2.46. The van der Waals surface area contributed by atoms with Crippen LogP contribution in [0.25, 0.3) is 0 Å². The lowest BCUT2D eigenvalue weighted by Crippen LogP contribution is -2.34. The fourth-order valence-corrected chi connectivity index (χ4v) is 2.46. The summed E-state index contributed by atoms with van der Waals surface area (Å²) in [7, 11) is 0. The molecule has 1 aliphatic rings. The number of primary amides is 1. The second kappa shape index (κ2) is 6.47. The molecule has 21 heavy (non-hydrogen) atoms.